The van der Waals surface area contributed by atoms with Crippen LogP contribution in [0.2, 0.25) is 0 Å². The second-order valence-corrected chi connectivity index (χ2v) is 6.28. The molecule has 0 saturated heterocycles. The van der Waals surface area contributed by atoms with Crippen LogP contribution in [0, 0.1) is 18.8 Å². The van der Waals surface area contributed by atoms with Gasteiger partial charge in [0, 0.05) is 24.7 Å². The van der Waals surface area contributed by atoms with Gasteiger partial charge in [-0.05, 0) is 38.4 Å². The highest BCUT2D eigenvalue weighted by molar-refractivity contribution is 5.15. The zero-order valence-electron chi connectivity index (χ0n) is 13.4. The summed E-state index contributed by atoms with van der Waals surface area (Å²) in [5.41, 5.74) is 1.29. The molecule has 0 aliphatic carbocycles. The Bertz CT molecular complexity index is 357. The van der Waals surface area contributed by atoms with Crippen LogP contribution < -0.4 is 5.32 Å². The molecule has 3 heteroatoms. The van der Waals surface area contributed by atoms with E-state index in [0.29, 0.717) is 17.9 Å². The topological polar surface area (TPSA) is 28.4 Å². The summed E-state index contributed by atoms with van der Waals surface area (Å²) in [4.78, 5) is 2.43. The second-order valence-electron chi connectivity index (χ2n) is 6.28. The number of rotatable bonds is 8. The van der Waals surface area contributed by atoms with Crippen LogP contribution in [0.25, 0.3) is 0 Å². The van der Waals surface area contributed by atoms with E-state index in [4.69, 9.17) is 4.42 Å². The zero-order valence-corrected chi connectivity index (χ0v) is 13.4. The molecule has 0 aliphatic heterocycles. The van der Waals surface area contributed by atoms with Crippen molar-refractivity contribution < 1.29 is 4.42 Å². The standard InChI is InChI=1S/C16H30N2O/c1-12(2)9-17-10-16(13(3)4)18(6)11-15-7-8-19-14(15)5/h7-8,12-13,16-17H,9-11H2,1-6H3. The molecule has 1 unspecified atom stereocenters. The van der Waals surface area contributed by atoms with Crippen LogP contribution in [0.15, 0.2) is 16.7 Å². The maximum atomic E-state index is 5.38. The van der Waals surface area contributed by atoms with E-state index in [1.165, 1.54) is 5.56 Å². The Morgan fingerprint density at radius 3 is 2.37 bits per heavy atom. The van der Waals surface area contributed by atoms with Crippen molar-refractivity contribution in [3.8, 4) is 0 Å². The molecule has 0 spiro atoms. The van der Waals surface area contributed by atoms with E-state index in [1.54, 1.807) is 6.26 Å². The molecule has 1 aromatic rings. The summed E-state index contributed by atoms with van der Waals surface area (Å²) in [6.07, 6.45) is 1.78. The number of likely N-dealkylation sites (N-methyl/N-ethyl adjacent to an activating group) is 1. The lowest BCUT2D eigenvalue weighted by atomic mass is 10.0. The maximum Gasteiger partial charge on any atom is 0.105 e. The van der Waals surface area contributed by atoms with E-state index in [-0.39, 0.29) is 0 Å². The lowest BCUT2D eigenvalue weighted by molar-refractivity contribution is 0.178. The highest BCUT2D eigenvalue weighted by Gasteiger charge is 2.19. The third kappa shape index (κ3) is 5.37. The van der Waals surface area contributed by atoms with Crippen LogP contribution in [0.1, 0.15) is 39.0 Å². The van der Waals surface area contributed by atoms with Gasteiger partial charge in [-0.25, -0.2) is 0 Å². The van der Waals surface area contributed by atoms with Crippen LogP contribution in [0.3, 0.4) is 0 Å². The molecule has 0 fully saturated rings. The predicted molar refractivity (Wildman–Crippen MR) is 81.2 cm³/mol. The summed E-state index contributed by atoms with van der Waals surface area (Å²) in [5, 5.41) is 3.58. The van der Waals surface area contributed by atoms with Crippen molar-refractivity contribution in [2.75, 3.05) is 20.1 Å². The molecule has 1 rings (SSSR count). The van der Waals surface area contributed by atoms with Gasteiger partial charge < -0.3 is 9.73 Å². The van der Waals surface area contributed by atoms with Gasteiger partial charge in [0.1, 0.15) is 5.76 Å². The molecule has 1 aromatic heterocycles. The minimum Gasteiger partial charge on any atom is -0.469 e. The third-order valence-corrected chi connectivity index (χ3v) is 3.63. The van der Waals surface area contributed by atoms with Crippen LogP contribution >= 0.6 is 0 Å². The SMILES string of the molecule is Cc1occc1CN(C)C(CNCC(C)C)C(C)C. The molecule has 1 N–H and O–H groups in total. The van der Waals surface area contributed by atoms with Gasteiger partial charge in [-0.2, -0.15) is 0 Å². The van der Waals surface area contributed by atoms with E-state index in [0.717, 1.165) is 25.4 Å². The maximum absolute atomic E-state index is 5.38. The fourth-order valence-corrected chi connectivity index (χ4v) is 2.38. The van der Waals surface area contributed by atoms with Crippen LogP contribution in [-0.2, 0) is 6.54 Å². The molecule has 0 aromatic carbocycles. The number of furan rings is 1. The number of hydrogen-bond acceptors (Lipinski definition) is 3. The molecule has 0 bridgehead atoms. The quantitative estimate of drug-likeness (QED) is 0.782. The first-order valence-electron chi connectivity index (χ1n) is 7.35. The summed E-state index contributed by atoms with van der Waals surface area (Å²) < 4.78 is 5.38. The summed E-state index contributed by atoms with van der Waals surface area (Å²) in [5.74, 6) is 2.37. The number of nitrogens with one attached hydrogen (secondary N) is 1. The van der Waals surface area contributed by atoms with Crippen molar-refractivity contribution in [1.82, 2.24) is 10.2 Å². The van der Waals surface area contributed by atoms with Crippen molar-refractivity contribution in [2.45, 2.75) is 47.2 Å². The molecule has 19 heavy (non-hydrogen) atoms. The first-order chi connectivity index (χ1) is 8.91. The first-order valence-corrected chi connectivity index (χ1v) is 7.35. The van der Waals surface area contributed by atoms with Gasteiger partial charge >= 0.3 is 0 Å². The Morgan fingerprint density at radius 2 is 1.89 bits per heavy atom. The Labute approximate surface area is 118 Å². The van der Waals surface area contributed by atoms with Crippen molar-refractivity contribution >= 4 is 0 Å². The van der Waals surface area contributed by atoms with Gasteiger partial charge in [-0.3, -0.25) is 4.90 Å². The smallest absolute Gasteiger partial charge is 0.105 e. The highest BCUT2D eigenvalue weighted by atomic mass is 16.3. The molecule has 0 amide bonds. The summed E-state index contributed by atoms with van der Waals surface area (Å²) in [6, 6.07) is 2.62. The van der Waals surface area contributed by atoms with Gasteiger partial charge in [0.05, 0.1) is 6.26 Å². The monoisotopic (exact) mass is 266 g/mol. The minimum atomic E-state index is 0.549. The number of hydrogen-bond donors (Lipinski definition) is 1. The molecule has 1 atom stereocenters. The Morgan fingerprint density at radius 1 is 1.21 bits per heavy atom. The summed E-state index contributed by atoms with van der Waals surface area (Å²) >= 11 is 0. The average molecular weight is 266 g/mol. The highest BCUT2D eigenvalue weighted by Crippen LogP contribution is 2.16. The lowest BCUT2D eigenvalue weighted by Crippen LogP contribution is -2.44. The minimum absolute atomic E-state index is 0.549. The molecule has 0 aliphatic rings. The summed E-state index contributed by atoms with van der Waals surface area (Å²) in [6.45, 7) is 14.2. The normalized spacial score (nSPS) is 13.7. The van der Waals surface area contributed by atoms with Crippen molar-refractivity contribution in [3.05, 3.63) is 23.7 Å². The largest absolute Gasteiger partial charge is 0.469 e. The van der Waals surface area contributed by atoms with Crippen molar-refractivity contribution in [2.24, 2.45) is 11.8 Å². The number of aryl methyl sites for hydroxylation is 1. The summed E-state index contributed by atoms with van der Waals surface area (Å²) in [7, 11) is 2.20. The number of nitrogens with zero attached hydrogens (tertiary/aromatic N) is 1. The van der Waals surface area contributed by atoms with Crippen LogP contribution in [-0.4, -0.2) is 31.1 Å². The van der Waals surface area contributed by atoms with E-state index >= 15 is 0 Å². The Hall–Kier alpha value is -0.800. The van der Waals surface area contributed by atoms with E-state index in [9.17, 15) is 0 Å². The van der Waals surface area contributed by atoms with Crippen LogP contribution in [0.4, 0.5) is 0 Å². The first kappa shape index (κ1) is 16.3. The van der Waals surface area contributed by atoms with E-state index < -0.39 is 0 Å². The average Bonchev–Trinajstić information content (AvgIpc) is 2.69. The van der Waals surface area contributed by atoms with Gasteiger partial charge in [-0.15, -0.1) is 0 Å². The second kappa shape index (κ2) is 7.71. The van der Waals surface area contributed by atoms with E-state index in [1.807, 2.05) is 6.92 Å². The van der Waals surface area contributed by atoms with Gasteiger partial charge in [-0.1, -0.05) is 27.7 Å². The Balaban J connectivity index is 2.53. The molecular formula is C16H30N2O. The molecular weight excluding hydrogens is 236 g/mol. The van der Waals surface area contributed by atoms with Crippen LogP contribution in [0.5, 0.6) is 0 Å². The fraction of sp³-hybridized carbons (Fsp3) is 0.750. The molecule has 110 valence electrons. The molecule has 3 nitrogen and oxygen atoms in total. The van der Waals surface area contributed by atoms with Gasteiger partial charge in [0.2, 0.25) is 0 Å². The van der Waals surface area contributed by atoms with Crippen molar-refractivity contribution in [3.63, 3.8) is 0 Å². The lowest BCUT2D eigenvalue weighted by Gasteiger charge is -2.31. The Kier molecular flexibility index (Phi) is 6.59. The van der Waals surface area contributed by atoms with Gasteiger partial charge in [0.25, 0.3) is 0 Å². The predicted octanol–water partition coefficient (Wildman–Crippen LogP) is 3.29. The van der Waals surface area contributed by atoms with E-state index in [2.05, 4.69) is 51.0 Å². The third-order valence-electron chi connectivity index (χ3n) is 3.63. The molecule has 0 saturated carbocycles. The van der Waals surface area contributed by atoms with Crippen molar-refractivity contribution in [1.29, 1.82) is 0 Å². The molecule has 0 radical (unpaired) electrons. The van der Waals surface area contributed by atoms with Gasteiger partial charge in [0.15, 0.2) is 0 Å². The zero-order chi connectivity index (χ0) is 14.4. The molecule has 1 heterocycles. The fourth-order valence-electron chi connectivity index (χ4n) is 2.38.